The lowest BCUT2D eigenvalue weighted by Crippen LogP contribution is -2.58. The molecule has 4 atom stereocenters. The van der Waals surface area contributed by atoms with Crippen molar-refractivity contribution in [3.8, 4) is 0 Å². The van der Waals surface area contributed by atoms with Crippen LogP contribution < -0.4 is 16.0 Å². The summed E-state index contributed by atoms with van der Waals surface area (Å²) in [5.41, 5.74) is 2.04. The summed E-state index contributed by atoms with van der Waals surface area (Å²) in [4.78, 5) is 56.4. The minimum Gasteiger partial charge on any atom is -0.361 e. The van der Waals surface area contributed by atoms with E-state index >= 15 is 0 Å². The fourth-order valence-electron chi connectivity index (χ4n) is 4.79. The van der Waals surface area contributed by atoms with Gasteiger partial charge in [-0.2, -0.15) is 0 Å². The van der Waals surface area contributed by atoms with Crippen molar-refractivity contribution in [2.24, 2.45) is 5.92 Å². The van der Waals surface area contributed by atoms with E-state index in [1.165, 1.54) is 11.9 Å². The molecule has 214 valence electrons. The molecule has 0 radical (unpaired) electrons. The Kier molecular flexibility index (Phi) is 11.1. The molecule has 0 aromatic heterocycles. The van der Waals surface area contributed by atoms with E-state index in [4.69, 9.17) is 4.74 Å². The first-order valence-corrected chi connectivity index (χ1v) is 13.7. The monoisotopic (exact) mass is 541 g/mol. The summed E-state index contributed by atoms with van der Waals surface area (Å²) < 4.78 is 6.16. The first kappa shape index (κ1) is 30.3. The molecule has 0 saturated carbocycles. The normalized spacial score (nSPS) is 25.7. The predicted octanol–water partition coefficient (Wildman–Crippen LogP) is 0.869. The molecule has 0 spiro atoms. The molecule has 2 heterocycles. The number of benzene rings is 1. The van der Waals surface area contributed by atoms with Crippen LogP contribution in [0.15, 0.2) is 42.0 Å². The Labute approximate surface area is 231 Å². The van der Waals surface area contributed by atoms with Gasteiger partial charge < -0.3 is 25.6 Å². The molecule has 10 heteroatoms. The topological polar surface area (TPSA) is 120 Å². The van der Waals surface area contributed by atoms with Gasteiger partial charge in [0.1, 0.15) is 18.2 Å². The number of carbonyl (C=O) groups excluding carboxylic acids is 4. The molecular weight excluding hydrogens is 498 g/mol. The van der Waals surface area contributed by atoms with Gasteiger partial charge in [0.05, 0.1) is 12.6 Å². The van der Waals surface area contributed by atoms with Crippen molar-refractivity contribution in [1.29, 1.82) is 0 Å². The fraction of sp³-hybridized carbons (Fsp3) is 0.586. The van der Waals surface area contributed by atoms with E-state index < -0.39 is 42.0 Å². The van der Waals surface area contributed by atoms with Crippen molar-refractivity contribution in [3.05, 3.63) is 47.5 Å². The van der Waals surface area contributed by atoms with Gasteiger partial charge in [-0.05, 0) is 31.7 Å². The molecule has 3 rings (SSSR count). The summed E-state index contributed by atoms with van der Waals surface area (Å²) in [5, 5.41) is 8.61. The van der Waals surface area contributed by atoms with Gasteiger partial charge in [-0.25, -0.2) is 0 Å². The molecule has 2 aliphatic rings. The maximum atomic E-state index is 13.5. The summed E-state index contributed by atoms with van der Waals surface area (Å²) >= 11 is 0. The molecule has 1 aromatic rings. The lowest BCUT2D eigenvalue weighted by atomic mass is 10.0. The third kappa shape index (κ3) is 9.47. The number of hydrogen-bond acceptors (Lipinski definition) is 6. The average Bonchev–Trinajstić information content (AvgIpc) is 2.89. The number of amides is 4. The van der Waals surface area contributed by atoms with Gasteiger partial charge in [0.15, 0.2) is 0 Å². The number of morpholine rings is 1. The molecular formula is C29H43N5O5. The highest BCUT2D eigenvalue weighted by molar-refractivity contribution is 5.93. The van der Waals surface area contributed by atoms with Gasteiger partial charge >= 0.3 is 0 Å². The van der Waals surface area contributed by atoms with Crippen molar-refractivity contribution in [2.45, 2.75) is 64.8 Å². The Hall–Kier alpha value is -3.24. The number of allylic oxidation sites excluding steroid dienone is 1. The van der Waals surface area contributed by atoms with Crippen LogP contribution in [0.4, 0.5) is 0 Å². The fourth-order valence-corrected chi connectivity index (χ4v) is 4.79. The van der Waals surface area contributed by atoms with Gasteiger partial charge in [0.25, 0.3) is 5.91 Å². The predicted molar refractivity (Wildman–Crippen MR) is 149 cm³/mol. The highest BCUT2D eigenvalue weighted by atomic mass is 16.5. The highest BCUT2D eigenvalue weighted by Crippen LogP contribution is 2.15. The Bertz CT molecular complexity index is 1040. The Morgan fingerprint density at radius 2 is 1.74 bits per heavy atom. The molecule has 4 amide bonds. The summed E-state index contributed by atoms with van der Waals surface area (Å²) in [6.45, 7) is 9.49. The standard InChI is InChI=1S/C29H43N5O5/c1-19(2)11-12-34-16-22-15-30-27(36)23(13-20(3)4)31-26(35)18-33(5)29(38)24(14-21-9-7-6-8-10-21)32-28(37)25(17-34)39-22/h6-11,20,22-25H,12-18H2,1-5H3,(H,30,36)(H,31,35)(H,32,37)/t22-,23+,24-,25-/m1/s1. The van der Waals surface area contributed by atoms with Crippen molar-refractivity contribution < 1.29 is 23.9 Å². The summed E-state index contributed by atoms with van der Waals surface area (Å²) in [6.07, 6.45) is 1.55. The van der Waals surface area contributed by atoms with Crippen LogP contribution in [0.2, 0.25) is 0 Å². The molecule has 1 aromatic carbocycles. The largest absolute Gasteiger partial charge is 0.361 e. The van der Waals surface area contributed by atoms with E-state index in [0.717, 1.165) is 11.1 Å². The van der Waals surface area contributed by atoms with Gasteiger partial charge in [-0.15, -0.1) is 0 Å². The van der Waals surface area contributed by atoms with Crippen LogP contribution in [0.1, 0.15) is 39.7 Å². The van der Waals surface area contributed by atoms with Gasteiger partial charge in [0, 0.05) is 39.6 Å². The zero-order valence-corrected chi connectivity index (χ0v) is 23.7. The summed E-state index contributed by atoms with van der Waals surface area (Å²) in [6, 6.07) is 7.79. The highest BCUT2D eigenvalue weighted by Gasteiger charge is 2.36. The second kappa shape index (κ2) is 14.2. The van der Waals surface area contributed by atoms with E-state index in [2.05, 4.69) is 26.9 Å². The number of rotatable bonds is 6. The van der Waals surface area contributed by atoms with Crippen LogP contribution in [-0.4, -0.2) is 97.5 Å². The smallest absolute Gasteiger partial charge is 0.251 e. The van der Waals surface area contributed by atoms with Gasteiger partial charge in [-0.1, -0.05) is 55.8 Å². The van der Waals surface area contributed by atoms with E-state index in [1.54, 1.807) is 0 Å². The van der Waals surface area contributed by atoms with Crippen LogP contribution in [0.25, 0.3) is 0 Å². The van der Waals surface area contributed by atoms with Crippen LogP contribution in [-0.2, 0) is 30.3 Å². The molecule has 2 bridgehead atoms. The van der Waals surface area contributed by atoms with E-state index in [1.807, 2.05) is 58.0 Å². The van der Waals surface area contributed by atoms with Crippen molar-refractivity contribution in [3.63, 3.8) is 0 Å². The van der Waals surface area contributed by atoms with Crippen molar-refractivity contribution >= 4 is 23.6 Å². The molecule has 39 heavy (non-hydrogen) atoms. The van der Waals surface area contributed by atoms with Gasteiger partial charge in [-0.3, -0.25) is 24.1 Å². The van der Waals surface area contributed by atoms with Crippen molar-refractivity contribution in [2.75, 3.05) is 39.8 Å². The Morgan fingerprint density at radius 3 is 2.41 bits per heavy atom. The lowest BCUT2D eigenvalue weighted by Gasteiger charge is -2.37. The Balaban J connectivity index is 1.91. The minimum absolute atomic E-state index is 0.162. The molecule has 10 nitrogen and oxygen atoms in total. The zero-order valence-electron chi connectivity index (χ0n) is 23.7. The number of ether oxygens (including phenoxy) is 1. The van der Waals surface area contributed by atoms with Crippen LogP contribution in [0, 0.1) is 5.92 Å². The first-order chi connectivity index (χ1) is 18.5. The number of likely N-dealkylation sites (N-methyl/N-ethyl adjacent to an activating group) is 1. The quantitative estimate of drug-likeness (QED) is 0.460. The average molecular weight is 542 g/mol. The second-order valence-electron chi connectivity index (χ2n) is 11.2. The number of hydrogen-bond donors (Lipinski definition) is 3. The van der Waals surface area contributed by atoms with Crippen molar-refractivity contribution in [1.82, 2.24) is 25.8 Å². The van der Waals surface area contributed by atoms with E-state index in [0.29, 0.717) is 26.1 Å². The number of nitrogens with zero attached hydrogens (tertiary/aromatic N) is 2. The second-order valence-corrected chi connectivity index (χ2v) is 11.2. The number of carbonyl (C=O) groups is 4. The molecule has 2 saturated heterocycles. The Morgan fingerprint density at radius 1 is 1.03 bits per heavy atom. The van der Waals surface area contributed by atoms with Crippen LogP contribution in [0.5, 0.6) is 0 Å². The zero-order chi connectivity index (χ0) is 28.5. The molecule has 2 aliphatic heterocycles. The SMILES string of the molecule is CC(C)=CCN1C[C@H]2CNC(=O)[C@H](CC(C)C)NC(=O)CN(C)C(=O)[C@@H](Cc3ccccc3)NC(=O)[C@@H](C1)O2. The number of fused-ring (bicyclic) bond motifs is 2. The van der Waals surface area contributed by atoms with E-state index in [-0.39, 0.29) is 31.3 Å². The van der Waals surface area contributed by atoms with Crippen LogP contribution >= 0.6 is 0 Å². The van der Waals surface area contributed by atoms with E-state index in [9.17, 15) is 19.2 Å². The number of nitrogens with one attached hydrogen (secondary N) is 3. The molecule has 0 unspecified atom stereocenters. The van der Waals surface area contributed by atoms with Crippen LogP contribution in [0.3, 0.4) is 0 Å². The first-order valence-electron chi connectivity index (χ1n) is 13.7. The third-order valence-electron chi connectivity index (χ3n) is 6.81. The summed E-state index contributed by atoms with van der Waals surface area (Å²) in [7, 11) is 1.52. The van der Waals surface area contributed by atoms with Gasteiger partial charge in [0.2, 0.25) is 17.7 Å². The lowest BCUT2D eigenvalue weighted by molar-refractivity contribution is -0.149. The third-order valence-corrected chi connectivity index (χ3v) is 6.81. The molecule has 2 fully saturated rings. The summed E-state index contributed by atoms with van der Waals surface area (Å²) in [5.74, 6) is -1.37. The maximum Gasteiger partial charge on any atom is 0.251 e. The molecule has 0 aliphatic carbocycles. The minimum atomic E-state index is -0.885. The maximum absolute atomic E-state index is 13.5. The molecule has 3 N–H and O–H groups in total.